The molecule has 0 radical (unpaired) electrons. The van der Waals surface area contributed by atoms with Crippen molar-refractivity contribution in [2.45, 2.75) is 45.3 Å². The Hall–Kier alpha value is -2.68. The second-order valence-electron chi connectivity index (χ2n) is 8.49. The molecule has 34 heavy (non-hydrogen) atoms. The number of hydrogen-bond acceptors (Lipinski definition) is 7. The maximum atomic E-state index is 12.9. The Labute approximate surface area is 210 Å². The van der Waals surface area contributed by atoms with Gasteiger partial charge in [-0.3, -0.25) is 9.78 Å². The van der Waals surface area contributed by atoms with E-state index in [2.05, 4.69) is 15.6 Å². The van der Waals surface area contributed by atoms with Crippen molar-refractivity contribution in [3.8, 4) is 11.5 Å². The second kappa shape index (κ2) is 11.6. The van der Waals surface area contributed by atoms with Gasteiger partial charge in [-0.25, -0.2) is 0 Å². The summed E-state index contributed by atoms with van der Waals surface area (Å²) in [7, 11) is 3.19. The van der Waals surface area contributed by atoms with Crippen LogP contribution in [0, 0.1) is 0 Å². The Balaban J connectivity index is 1.80. The first-order valence-electron chi connectivity index (χ1n) is 11.0. The third-order valence-corrected chi connectivity index (χ3v) is 6.15. The zero-order valence-corrected chi connectivity index (χ0v) is 21.4. The van der Waals surface area contributed by atoms with Gasteiger partial charge in [-0.15, -0.1) is 0 Å². The highest BCUT2D eigenvalue weighted by molar-refractivity contribution is 7.81. The van der Waals surface area contributed by atoms with Gasteiger partial charge >= 0.3 is 0 Å². The topological polar surface area (TPSA) is 81.7 Å². The summed E-state index contributed by atoms with van der Waals surface area (Å²) in [6, 6.07) is 7.22. The predicted molar refractivity (Wildman–Crippen MR) is 138 cm³/mol. The fourth-order valence-corrected chi connectivity index (χ4v) is 4.08. The summed E-state index contributed by atoms with van der Waals surface area (Å²) >= 11 is 11.9. The number of thiocarbonyl (C=S) groups is 1. The second-order valence-corrected chi connectivity index (χ2v) is 9.31. The van der Waals surface area contributed by atoms with Crippen LogP contribution >= 0.6 is 23.8 Å². The van der Waals surface area contributed by atoms with Gasteiger partial charge in [-0.2, -0.15) is 0 Å². The molecule has 1 heterocycles. The molecular weight excluding hydrogens is 474 g/mol. The summed E-state index contributed by atoms with van der Waals surface area (Å²) < 4.78 is 16.8. The molecule has 0 bridgehead atoms. The lowest BCUT2D eigenvalue weighted by Crippen LogP contribution is -2.31. The molecule has 0 fully saturated rings. The Morgan fingerprint density at radius 3 is 2.76 bits per heavy atom. The summed E-state index contributed by atoms with van der Waals surface area (Å²) in [6.45, 7) is 4.74. The van der Waals surface area contributed by atoms with Crippen LogP contribution in [-0.4, -0.2) is 42.2 Å². The number of carbonyl (C=O) groups is 1. The summed E-state index contributed by atoms with van der Waals surface area (Å²) in [5.41, 5.74) is 2.39. The molecule has 3 rings (SSSR count). The zero-order chi connectivity index (χ0) is 24.7. The fourth-order valence-electron chi connectivity index (χ4n) is 3.48. The third kappa shape index (κ3) is 6.46. The molecule has 0 atom stereocenters. The van der Waals surface area contributed by atoms with Crippen LogP contribution in [-0.2, 0) is 16.1 Å². The summed E-state index contributed by atoms with van der Waals surface area (Å²) in [5, 5.41) is 7.01. The third-order valence-electron chi connectivity index (χ3n) is 5.55. The molecule has 9 heteroatoms. The average molecular weight is 504 g/mol. The lowest BCUT2D eigenvalue weighted by atomic mass is 9.94. The van der Waals surface area contributed by atoms with E-state index in [1.807, 2.05) is 19.9 Å². The number of hydrogen-bond donors (Lipinski definition) is 2. The maximum absolute atomic E-state index is 12.9. The first-order valence-corrected chi connectivity index (χ1v) is 11.8. The molecule has 1 aliphatic rings. The fraction of sp³-hybridized carbons (Fsp3) is 0.400. The van der Waals surface area contributed by atoms with Crippen LogP contribution in [0.3, 0.4) is 0 Å². The van der Waals surface area contributed by atoms with Crippen LogP contribution < -0.4 is 20.1 Å². The molecule has 7 nitrogen and oxygen atoms in total. The minimum absolute atomic E-state index is 0.000269. The standard InChI is InChI=1S/C25H30ClN3O4S/c1-25(2,32-4)15-33-21-14-27-12-11-16(21)13-28-18-8-6-10-20(30)22(18)24(34)29-19-9-5-7-17(26)23(19)31-3/h5,7,9,11-12,14,28H,6,8,10,13,15H2,1-4H3,(H,29,34). The number of benzene rings is 1. The van der Waals surface area contributed by atoms with Crippen molar-refractivity contribution in [1.29, 1.82) is 0 Å². The van der Waals surface area contributed by atoms with E-state index in [0.29, 0.717) is 58.8 Å². The number of Topliss-reactive ketones (excluding diaryl/α,β-unsaturated/α-hetero) is 1. The molecule has 0 saturated carbocycles. The number of ketones is 1. The number of carbonyl (C=O) groups excluding carboxylic acids is 1. The minimum Gasteiger partial charge on any atom is -0.493 e. The number of para-hydroxylation sites is 1. The van der Waals surface area contributed by atoms with E-state index in [1.165, 1.54) is 7.11 Å². The SMILES string of the molecule is COc1c(Cl)cccc1NC(=S)C1=C(NCc2ccncc2OCC(C)(C)OC)CCCC1=O. The Bertz CT molecular complexity index is 1090. The van der Waals surface area contributed by atoms with Crippen LogP contribution in [0.15, 0.2) is 47.9 Å². The number of anilines is 1. The zero-order valence-electron chi connectivity index (χ0n) is 19.9. The van der Waals surface area contributed by atoms with Crippen LogP contribution in [0.4, 0.5) is 5.69 Å². The van der Waals surface area contributed by atoms with E-state index < -0.39 is 5.60 Å². The predicted octanol–water partition coefficient (Wildman–Crippen LogP) is 5.08. The molecular formula is C25H30ClN3O4S. The van der Waals surface area contributed by atoms with Crippen molar-refractivity contribution in [3.63, 3.8) is 0 Å². The number of rotatable bonds is 10. The van der Waals surface area contributed by atoms with Crippen LogP contribution in [0.5, 0.6) is 11.5 Å². The number of nitrogens with zero attached hydrogens (tertiary/aromatic N) is 1. The minimum atomic E-state index is -0.425. The number of halogens is 1. The molecule has 0 spiro atoms. The maximum Gasteiger partial charge on any atom is 0.167 e. The molecule has 1 aromatic carbocycles. The molecule has 0 amide bonds. The largest absolute Gasteiger partial charge is 0.493 e. The van der Waals surface area contributed by atoms with Gasteiger partial charge in [-0.1, -0.05) is 29.9 Å². The lowest BCUT2D eigenvalue weighted by Gasteiger charge is -2.25. The molecule has 0 unspecified atom stereocenters. The normalized spacial score (nSPS) is 14.1. The van der Waals surface area contributed by atoms with Gasteiger partial charge in [0, 0.05) is 37.5 Å². The summed E-state index contributed by atoms with van der Waals surface area (Å²) in [5.74, 6) is 1.14. The van der Waals surface area contributed by atoms with Crippen molar-refractivity contribution in [2.75, 3.05) is 26.1 Å². The number of aromatic nitrogens is 1. The van der Waals surface area contributed by atoms with Gasteiger partial charge in [0.15, 0.2) is 11.5 Å². The molecule has 1 aliphatic carbocycles. The monoisotopic (exact) mass is 503 g/mol. The summed E-state index contributed by atoms with van der Waals surface area (Å²) in [4.78, 5) is 17.4. The molecule has 2 N–H and O–H groups in total. The lowest BCUT2D eigenvalue weighted by molar-refractivity contribution is -0.115. The smallest absolute Gasteiger partial charge is 0.167 e. The summed E-state index contributed by atoms with van der Waals surface area (Å²) in [6.07, 6.45) is 5.32. The Kier molecular flexibility index (Phi) is 8.88. The molecule has 182 valence electrons. The quantitative estimate of drug-likeness (QED) is 0.434. The van der Waals surface area contributed by atoms with E-state index in [1.54, 1.807) is 37.7 Å². The van der Waals surface area contributed by atoms with E-state index in [9.17, 15) is 4.79 Å². The number of pyridine rings is 1. The number of nitrogens with one attached hydrogen (secondary N) is 2. The average Bonchev–Trinajstić information content (AvgIpc) is 2.82. The van der Waals surface area contributed by atoms with Crippen LogP contribution in [0.25, 0.3) is 0 Å². The van der Waals surface area contributed by atoms with Gasteiger partial charge in [0.25, 0.3) is 0 Å². The number of methoxy groups -OCH3 is 2. The van der Waals surface area contributed by atoms with Crippen molar-refractivity contribution in [2.24, 2.45) is 0 Å². The van der Waals surface area contributed by atoms with Gasteiger partial charge in [0.05, 0.1) is 35.2 Å². The van der Waals surface area contributed by atoms with Crippen LogP contribution in [0.1, 0.15) is 38.7 Å². The van der Waals surface area contributed by atoms with E-state index >= 15 is 0 Å². The van der Waals surface area contributed by atoms with Gasteiger partial charge in [-0.05, 0) is 44.9 Å². The number of ether oxygens (including phenoxy) is 3. The number of allylic oxidation sites excluding steroid dienone is 1. The highest BCUT2D eigenvalue weighted by Gasteiger charge is 2.25. The van der Waals surface area contributed by atoms with Crippen molar-refractivity contribution in [1.82, 2.24) is 10.3 Å². The van der Waals surface area contributed by atoms with Gasteiger partial charge in [0.1, 0.15) is 17.3 Å². The van der Waals surface area contributed by atoms with Gasteiger partial charge in [0.2, 0.25) is 0 Å². The van der Waals surface area contributed by atoms with E-state index in [-0.39, 0.29) is 5.78 Å². The Morgan fingerprint density at radius 2 is 2.03 bits per heavy atom. The molecule has 2 aromatic rings. The first kappa shape index (κ1) is 25.9. The molecule has 0 saturated heterocycles. The Morgan fingerprint density at radius 1 is 1.24 bits per heavy atom. The molecule has 0 aliphatic heterocycles. The van der Waals surface area contributed by atoms with E-state index in [4.69, 9.17) is 38.0 Å². The van der Waals surface area contributed by atoms with Crippen molar-refractivity contribution < 1.29 is 19.0 Å². The van der Waals surface area contributed by atoms with Gasteiger partial charge < -0.3 is 24.8 Å². The highest BCUT2D eigenvalue weighted by atomic mass is 35.5. The highest BCUT2D eigenvalue weighted by Crippen LogP contribution is 2.33. The van der Waals surface area contributed by atoms with E-state index in [0.717, 1.165) is 17.7 Å². The van der Waals surface area contributed by atoms with Crippen molar-refractivity contribution in [3.05, 3.63) is 58.5 Å². The van der Waals surface area contributed by atoms with Crippen molar-refractivity contribution >= 4 is 40.3 Å². The van der Waals surface area contributed by atoms with Crippen LogP contribution in [0.2, 0.25) is 5.02 Å². The first-order chi connectivity index (χ1) is 16.3. The molecule has 1 aromatic heterocycles.